The molecule has 1 unspecified atom stereocenters. The van der Waals surface area contributed by atoms with Gasteiger partial charge in [-0.25, -0.2) is 4.79 Å². The molecule has 1 aromatic carbocycles. The lowest BCUT2D eigenvalue weighted by Gasteiger charge is -2.22. The first-order valence-corrected chi connectivity index (χ1v) is 5.99. The first-order chi connectivity index (χ1) is 8.08. The third-order valence-electron chi connectivity index (χ3n) is 2.83. The summed E-state index contributed by atoms with van der Waals surface area (Å²) in [4.78, 5) is 13.6. The van der Waals surface area contributed by atoms with E-state index in [0.717, 1.165) is 24.3 Å². The predicted octanol–water partition coefficient (Wildman–Crippen LogP) is 2.38. The van der Waals surface area contributed by atoms with E-state index < -0.39 is 0 Å². The standard InChI is InChI=1S/C13H21N3O/c1-4-16(5-2)13(17)15-10(3)11-6-8-12(14)9-7-11/h6-10H,4-5,14H2,1-3H3,(H,15,17). The molecule has 0 heterocycles. The number of hydrogen-bond donors (Lipinski definition) is 2. The van der Waals surface area contributed by atoms with Gasteiger partial charge < -0.3 is 16.0 Å². The summed E-state index contributed by atoms with van der Waals surface area (Å²) in [6.07, 6.45) is 0. The fourth-order valence-electron chi connectivity index (χ4n) is 1.66. The molecule has 0 fully saturated rings. The fraction of sp³-hybridized carbons (Fsp3) is 0.462. The van der Waals surface area contributed by atoms with Crippen LogP contribution in [-0.4, -0.2) is 24.0 Å². The highest BCUT2D eigenvalue weighted by Gasteiger charge is 2.13. The highest BCUT2D eigenvalue weighted by molar-refractivity contribution is 5.74. The Labute approximate surface area is 103 Å². The number of nitrogens with one attached hydrogen (secondary N) is 1. The lowest BCUT2D eigenvalue weighted by atomic mass is 10.1. The van der Waals surface area contributed by atoms with Gasteiger partial charge in [-0.2, -0.15) is 0 Å². The SMILES string of the molecule is CCN(CC)C(=O)NC(C)c1ccc(N)cc1. The van der Waals surface area contributed by atoms with Gasteiger partial charge in [-0.15, -0.1) is 0 Å². The predicted molar refractivity (Wildman–Crippen MR) is 70.7 cm³/mol. The molecule has 0 saturated carbocycles. The van der Waals surface area contributed by atoms with Crippen LogP contribution in [-0.2, 0) is 0 Å². The molecule has 0 aliphatic rings. The van der Waals surface area contributed by atoms with Gasteiger partial charge in [0.15, 0.2) is 0 Å². The smallest absolute Gasteiger partial charge is 0.317 e. The van der Waals surface area contributed by atoms with Gasteiger partial charge >= 0.3 is 6.03 Å². The molecule has 2 amide bonds. The molecule has 3 N–H and O–H groups in total. The maximum atomic E-state index is 11.8. The van der Waals surface area contributed by atoms with Crippen molar-refractivity contribution in [1.82, 2.24) is 10.2 Å². The summed E-state index contributed by atoms with van der Waals surface area (Å²) in [6, 6.07) is 7.51. The molecule has 0 spiro atoms. The first kappa shape index (κ1) is 13.4. The van der Waals surface area contributed by atoms with E-state index in [1.54, 1.807) is 4.90 Å². The Balaban J connectivity index is 2.62. The monoisotopic (exact) mass is 235 g/mol. The van der Waals surface area contributed by atoms with E-state index >= 15 is 0 Å². The van der Waals surface area contributed by atoms with Gasteiger partial charge in [0.25, 0.3) is 0 Å². The molecular weight excluding hydrogens is 214 g/mol. The minimum atomic E-state index is -0.0284. The molecule has 4 nitrogen and oxygen atoms in total. The highest BCUT2D eigenvalue weighted by Crippen LogP contribution is 2.14. The molecule has 4 heteroatoms. The summed E-state index contributed by atoms with van der Waals surface area (Å²) in [7, 11) is 0. The summed E-state index contributed by atoms with van der Waals surface area (Å²) < 4.78 is 0. The largest absolute Gasteiger partial charge is 0.399 e. The molecule has 0 bridgehead atoms. The van der Waals surface area contributed by atoms with Crippen molar-refractivity contribution in [3.63, 3.8) is 0 Å². The first-order valence-electron chi connectivity index (χ1n) is 5.99. The Kier molecular flexibility index (Phi) is 4.82. The van der Waals surface area contributed by atoms with Gasteiger partial charge in [0.1, 0.15) is 0 Å². The maximum Gasteiger partial charge on any atom is 0.317 e. The van der Waals surface area contributed by atoms with E-state index in [-0.39, 0.29) is 12.1 Å². The number of anilines is 1. The fourth-order valence-corrected chi connectivity index (χ4v) is 1.66. The molecule has 1 aromatic rings. The second kappa shape index (κ2) is 6.13. The lowest BCUT2D eigenvalue weighted by Crippen LogP contribution is -2.40. The van der Waals surface area contributed by atoms with Gasteiger partial charge in [-0.1, -0.05) is 12.1 Å². The summed E-state index contributed by atoms with van der Waals surface area (Å²) in [5, 5.41) is 2.96. The van der Waals surface area contributed by atoms with Crippen LogP contribution in [0.4, 0.5) is 10.5 Å². The van der Waals surface area contributed by atoms with Gasteiger partial charge in [-0.3, -0.25) is 0 Å². The molecule has 94 valence electrons. The molecule has 0 saturated heterocycles. The molecular formula is C13H21N3O. The molecule has 0 aromatic heterocycles. The van der Waals surface area contributed by atoms with Crippen LogP contribution in [0.25, 0.3) is 0 Å². The summed E-state index contributed by atoms with van der Waals surface area (Å²) >= 11 is 0. The zero-order valence-electron chi connectivity index (χ0n) is 10.7. The van der Waals surface area contributed by atoms with Crippen molar-refractivity contribution in [2.75, 3.05) is 18.8 Å². The van der Waals surface area contributed by atoms with Gasteiger partial charge in [0, 0.05) is 18.8 Å². The topological polar surface area (TPSA) is 58.4 Å². The van der Waals surface area contributed by atoms with Gasteiger partial charge in [0.2, 0.25) is 0 Å². The van der Waals surface area contributed by atoms with Crippen LogP contribution in [0.2, 0.25) is 0 Å². The molecule has 17 heavy (non-hydrogen) atoms. The molecule has 0 aliphatic carbocycles. The van der Waals surface area contributed by atoms with Crippen molar-refractivity contribution < 1.29 is 4.79 Å². The van der Waals surface area contributed by atoms with Crippen LogP contribution in [0.15, 0.2) is 24.3 Å². The van der Waals surface area contributed by atoms with Gasteiger partial charge in [-0.05, 0) is 38.5 Å². The molecule has 0 aliphatic heterocycles. The summed E-state index contributed by atoms with van der Waals surface area (Å²) in [5.74, 6) is 0. The molecule has 0 radical (unpaired) electrons. The summed E-state index contributed by atoms with van der Waals surface area (Å²) in [6.45, 7) is 7.34. The zero-order valence-corrected chi connectivity index (χ0v) is 10.7. The third-order valence-corrected chi connectivity index (χ3v) is 2.83. The van der Waals surface area contributed by atoms with E-state index in [2.05, 4.69) is 5.32 Å². The Morgan fingerprint density at radius 2 is 1.82 bits per heavy atom. The number of nitrogens with two attached hydrogens (primary N) is 1. The van der Waals surface area contributed by atoms with Crippen molar-refractivity contribution in [2.24, 2.45) is 0 Å². The van der Waals surface area contributed by atoms with Crippen molar-refractivity contribution in [3.8, 4) is 0 Å². The van der Waals surface area contributed by atoms with Crippen LogP contribution >= 0.6 is 0 Å². The number of hydrogen-bond acceptors (Lipinski definition) is 2. The second-order valence-electron chi connectivity index (χ2n) is 4.01. The number of amides is 2. The number of rotatable bonds is 4. The average Bonchev–Trinajstić information content (AvgIpc) is 2.31. The van der Waals surface area contributed by atoms with Crippen molar-refractivity contribution in [3.05, 3.63) is 29.8 Å². The van der Waals surface area contributed by atoms with E-state index in [1.807, 2.05) is 45.0 Å². The van der Waals surface area contributed by atoms with Crippen LogP contribution in [0.3, 0.4) is 0 Å². The van der Waals surface area contributed by atoms with Crippen LogP contribution in [0.1, 0.15) is 32.4 Å². The van der Waals surface area contributed by atoms with E-state index in [1.165, 1.54) is 0 Å². The average molecular weight is 235 g/mol. The number of carbonyl (C=O) groups is 1. The van der Waals surface area contributed by atoms with Gasteiger partial charge in [0.05, 0.1) is 6.04 Å². The van der Waals surface area contributed by atoms with Crippen molar-refractivity contribution in [2.45, 2.75) is 26.8 Å². The minimum Gasteiger partial charge on any atom is -0.399 e. The zero-order chi connectivity index (χ0) is 12.8. The normalized spacial score (nSPS) is 11.9. The molecule has 1 atom stereocenters. The summed E-state index contributed by atoms with van der Waals surface area (Å²) in [5.41, 5.74) is 7.41. The number of nitrogens with zero attached hydrogens (tertiary/aromatic N) is 1. The Hall–Kier alpha value is -1.71. The Morgan fingerprint density at radius 3 is 2.29 bits per heavy atom. The molecule has 1 rings (SSSR count). The Bertz CT molecular complexity index is 357. The second-order valence-corrected chi connectivity index (χ2v) is 4.01. The number of nitrogen functional groups attached to an aromatic ring is 1. The van der Waals surface area contributed by atoms with Crippen LogP contribution < -0.4 is 11.1 Å². The lowest BCUT2D eigenvalue weighted by molar-refractivity contribution is 0.200. The Morgan fingerprint density at radius 1 is 1.29 bits per heavy atom. The quantitative estimate of drug-likeness (QED) is 0.787. The minimum absolute atomic E-state index is 0.0105. The van der Waals surface area contributed by atoms with Crippen LogP contribution in [0, 0.1) is 0 Å². The van der Waals surface area contributed by atoms with E-state index in [0.29, 0.717) is 0 Å². The van der Waals surface area contributed by atoms with E-state index in [9.17, 15) is 4.79 Å². The van der Waals surface area contributed by atoms with Crippen LogP contribution in [0.5, 0.6) is 0 Å². The third kappa shape index (κ3) is 3.66. The number of carbonyl (C=O) groups excluding carboxylic acids is 1. The maximum absolute atomic E-state index is 11.8. The number of urea groups is 1. The van der Waals surface area contributed by atoms with Crippen molar-refractivity contribution >= 4 is 11.7 Å². The highest BCUT2D eigenvalue weighted by atomic mass is 16.2. The number of benzene rings is 1. The van der Waals surface area contributed by atoms with Crippen molar-refractivity contribution in [1.29, 1.82) is 0 Å². The van der Waals surface area contributed by atoms with E-state index in [4.69, 9.17) is 5.73 Å².